The number of hydrogen-bond acceptors (Lipinski definition) is 0. The third-order valence-electron chi connectivity index (χ3n) is 2.30. The Morgan fingerprint density at radius 2 is 2.00 bits per heavy atom. The third kappa shape index (κ3) is 7.64. The standard InChI is InChI=1S/C11H22/c1-4-6-7-8-9-10-11(3)5-2/h4,11H,1,5-10H2,2-3H3/t11-/m1/s1. The van der Waals surface area contributed by atoms with E-state index < -0.39 is 0 Å². The first-order chi connectivity index (χ1) is 5.31. The van der Waals surface area contributed by atoms with Crippen molar-refractivity contribution >= 4 is 0 Å². The van der Waals surface area contributed by atoms with Crippen LogP contribution in [-0.4, -0.2) is 0 Å². The van der Waals surface area contributed by atoms with Crippen LogP contribution in [0.4, 0.5) is 0 Å². The summed E-state index contributed by atoms with van der Waals surface area (Å²) < 4.78 is 0. The van der Waals surface area contributed by atoms with Crippen molar-refractivity contribution in [3.8, 4) is 0 Å². The van der Waals surface area contributed by atoms with Crippen molar-refractivity contribution in [2.75, 3.05) is 0 Å². The Bertz CT molecular complexity index is 84.0. The summed E-state index contributed by atoms with van der Waals surface area (Å²) in [6.45, 7) is 8.32. The second-order valence-electron chi connectivity index (χ2n) is 3.44. The molecule has 0 radical (unpaired) electrons. The molecule has 0 bridgehead atoms. The molecule has 0 unspecified atom stereocenters. The normalized spacial score (nSPS) is 12.9. The van der Waals surface area contributed by atoms with Crippen LogP contribution in [0.15, 0.2) is 12.7 Å². The van der Waals surface area contributed by atoms with Gasteiger partial charge in [-0.2, -0.15) is 0 Å². The van der Waals surface area contributed by atoms with Gasteiger partial charge in [0, 0.05) is 0 Å². The average Bonchev–Trinajstić information content (AvgIpc) is 2.04. The van der Waals surface area contributed by atoms with E-state index in [0.717, 1.165) is 5.92 Å². The molecule has 0 fully saturated rings. The minimum atomic E-state index is 0.929. The number of unbranched alkanes of at least 4 members (excludes halogenated alkanes) is 3. The van der Waals surface area contributed by atoms with Crippen LogP contribution in [0, 0.1) is 5.92 Å². The van der Waals surface area contributed by atoms with Crippen LogP contribution >= 0.6 is 0 Å². The maximum absolute atomic E-state index is 3.71. The fraction of sp³-hybridized carbons (Fsp3) is 0.818. The van der Waals surface area contributed by atoms with Crippen molar-refractivity contribution in [1.29, 1.82) is 0 Å². The highest BCUT2D eigenvalue weighted by atomic mass is 14.0. The van der Waals surface area contributed by atoms with Gasteiger partial charge in [0.1, 0.15) is 0 Å². The lowest BCUT2D eigenvalue weighted by Crippen LogP contribution is -1.91. The highest BCUT2D eigenvalue weighted by Gasteiger charge is 1.96. The van der Waals surface area contributed by atoms with Gasteiger partial charge < -0.3 is 0 Å². The molecule has 0 nitrogen and oxygen atoms in total. The smallest absolute Gasteiger partial charge is 0.0353 e. The maximum Gasteiger partial charge on any atom is -0.0353 e. The molecule has 0 heterocycles. The van der Waals surface area contributed by atoms with Crippen LogP contribution in [0.5, 0.6) is 0 Å². The zero-order valence-corrected chi connectivity index (χ0v) is 8.10. The van der Waals surface area contributed by atoms with Crippen LogP contribution in [0.2, 0.25) is 0 Å². The quantitative estimate of drug-likeness (QED) is 0.381. The molecule has 0 aliphatic heterocycles. The van der Waals surface area contributed by atoms with Crippen molar-refractivity contribution in [2.45, 2.75) is 52.4 Å². The summed E-state index contributed by atoms with van der Waals surface area (Å²) in [5.74, 6) is 0.929. The average molecular weight is 154 g/mol. The van der Waals surface area contributed by atoms with Gasteiger partial charge in [-0.05, 0) is 18.8 Å². The van der Waals surface area contributed by atoms with E-state index in [2.05, 4.69) is 20.4 Å². The molecule has 0 rings (SSSR count). The molecule has 0 aliphatic rings. The van der Waals surface area contributed by atoms with Gasteiger partial charge in [0.15, 0.2) is 0 Å². The Labute approximate surface area is 71.7 Å². The van der Waals surface area contributed by atoms with Crippen LogP contribution in [0.1, 0.15) is 52.4 Å². The van der Waals surface area contributed by atoms with Crippen molar-refractivity contribution in [1.82, 2.24) is 0 Å². The minimum Gasteiger partial charge on any atom is -0.103 e. The highest BCUT2D eigenvalue weighted by Crippen LogP contribution is 2.12. The van der Waals surface area contributed by atoms with Gasteiger partial charge in [-0.3, -0.25) is 0 Å². The van der Waals surface area contributed by atoms with Crippen LogP contribution in [0.3, 0.4) is 0 Å². The first-order valence-corrected chi connectivity index (χ1v) is 4.92. The molecule has 66 valence electrons. The summed E-state index contributed by atoms with van der Waals surface area (Å²) in [6, 6.07) is 0. The lowest BCUT2D eigenvalue weighted by atomic mass is 10.0. The van der Waals surface area contributed by atoms with Crippen LogP contribution in [0.25, 0.3) is 0 Å². The zero-order valence-electron chi connectivity index (χ0n) is 8.10. The lowest BCUT2D eigenvalue weighted by Gasteiger charge is -2.06. The lowest BCUT2D eigenvalue weighted by molar-refractivity contribution is 0.479. The van der Waals surface area contributed by atoms with Gasteiger partial charge in [-0.1, -0.05) is 45.6 Å². The molecule has 0 saturated carbocycles. The molecule has 0 spiro atoms. The van der Waals surface area contributed by atoms with Gasteiger partial charge in [-0.15, -0.1) is 6.58 Å². The van der Waals surface area contributed by atoms with E-state index in [-0.39, 0.29) is 0 Å². The van der Waals surface area contributed by atoms with Crippen molar-refractivity contribution in [3.05, 3.63) is 12.7 Å². The number of rotatable bonds is 7. The van der Waals surface area contributed by atoms with E-state index in [0.29, 0.717) is 0 Å². The van der Waals surface area contributed by atoms with E-state index >= 15 is 0 Å². The van der Waals surface area contributed by atoms with E-state index in [1.165, 1.54) is 38.5 Å². The third-order valence-corrected chi connectivity index (χ3v) is 2.30. The molecule has 0 aromatic carbocycles. The second-order valence-corrected chi connectivity index (χ2v) is 3.44. The van der Waals surface area contributed by atoms with Crippen molar-refractivity contribution in [3.63, 3.8) is 0 Å². The Balaban J connectivity index is 2.95. The summed E-state index contributed by atoms with van der Waals surface area (Å²) in [5, 5.41) is 0. The summed E-state index contributed by atoms with van der Waals surface area (Å²) in [6.07, 6.45) is 10.1. The summed E-state index contributed by atoms with van der Waals surface area (Å²) in [7, 11) is 0. The van der Waals surface area contributed by atoms with Gasteiger partial charge in [0.05, 0.1) is 0 Å². The summed E-state index contributed by atoms with van der Waals surface area (Å²) in [4.78, 5) is 0. The fourth-order valence-electron chi connectivity index (χ4n) is 1.16. The van der Waals surface area contributed by atoms with Crippen molar-refractivity contribution < 1.29 is 0 Å². The molecule has 0 aromatic heterocycles. The molecule has 0 N–H and O–H groups in total. The van der Waals surface area contributed by atoms with Crippen molar-refractivity contribution in [2.24, 2.45) is 5.92 Å². The first-order valence-electron chi connectivity index (χ1n) is 4.92. The molecular formula is C11H22. The van der Waals surface area contributed by atoms with Crippen LogP contribution < -0.4 is 0 Å². The molecule has 0 aliphatic carbocycles. The van der Waals surface area contributed by atoms with Crippen LogP contribution in [-0.2, 0) is 0 Å². The summed E-state index contributed by atoms with van der Waals surface area (Å²) in [5.41, 5.74) is 0. The van der Waals surface area contributed by atoms with Gasteiger partial charge in [-0.25, -0.2) is 0 Å². The first kappa shape index (κ1) is 10.7. The SMILES string of the molecule is C=CCCCCC[C@H](C)CC. The predicted octanol–water partition coefficient (Wildman–Crippen LogP) is 4.17. The monoisotopic (exact) mass is 154 g/mol. The van der Waals surface area contributed by atoms with Gasteiger partial charge >= 0.3 is 0 Å². The Hall–Kier alpha value is -0.260. The largest absolute Gasteiger partial charge is 0.103 e. The Kier molecular flexibility index (Phi) is 7.66. The van der Waals surface area contributed by atoms with Gasteiger partial charge in [0.25, 0.3) is 0 Å². The van der Waals surface area contributed by atoms with E-state index in [4.69, 9.17) is 0 Å². The van der Waals surface area contributed by atoms with E-state index in [1.54, 1.807) is 0 Å². The zero-order chi connectivity index (χ0) is 8.53. The van der Waals surface area contributed by atoms with E-state index in [9.17, 15) is 0 Å². The van der Waals surface area contributed by atoms with E-state index in [1.807, 2.05) is 6.08 Å². The number of hydrogen-bond donors (Lipinski definition) is 0. The maximum atomic E-state index is 3.71. The summed E-state index contributed by atoms with van der Waals surface area (Å²) >= 11 is 0. The molecule has 0 amide bonds. The molecular weight excluding hydrogens is 132 g/mol. The minimum absolute atomic E-state index is 0.929. The Morgan fingerprint density at radius 3 is 2.55 bits per heavy atom. The molecule has 1 atom stereocenters. The van der Waals surface area contributed by atoms with Gasteiger partial charge in [0.2, 0.25) is 0 Å². The Morgan fingerprint density at radius 1 is 1.27 bits per heavy atom. The molecule has 0 saturated heterocycles. The predicted molar refractivity (Wildman–Crippen MR) is 52.7 cm³/mol. The molecule has 11 heavy (non-hydrogen) atoms. The highest BCUT2D eigenvalue weighted by molar-refractivity contribution is 4.65. The number of allylic oxidation sites excluding steroid dienone is 1. The molecule has 0 aromatic rings. The topological polar surface area (TPSA) is 0 Å². The molecule has 0 heteroatoms. The fourth-order valence-corrected chi connectivity index (χ4v) is 1.16. The second kappa shape index (κ2) is 7.84.